The molecule has 0 aliphatic carbocycles. The van der Waals surface area contributed by atoms with Crippen LogP contribution in [-0.4, -0.2) is 11.0 Å². The molecule has 0 spiro atoms. The lowest BCUT2D eigenvalue weighted by Crippen LogP contribution is -2.42. The van der Waals surface area contributed by atoms with Gasteiger partial charge in [0.15, 0.2) is 0 Å². The van der Waals surface area contributed by atoms with Gasteiger partial charge in [-0.2, -0.15) is 0 Å². The molecule has 0 atom stereocenters. The third-order valence-corrected chi connectivity index (χ3v) is 1.51. The molecule has 0 unspecified atom stereocenters. The van der Waals surface area contributed by atoms with Crippen LogP contribution in [0.3, 0.4) is 0 Å². The molecule has 0 radical (unpaired) electrons. The standard InChI is InChI=1S/C7H9N5O3/c8-9-7(13)11-10-5-2-1-3-6(4-5)12(14)15/h1-4,10H,8H2,(H2,9,11,13). The zero-order valence-corrected chi connectivity index (χ0v) is 7.56. The Bertz CT molecular complexity index is 381. The maximum Gasteiger partial charge on any atom is 0.347 e. The van der Waals surface area contributed by atoms with Gasteiger partial charge in [-0.1, -0.05) is 6.07 Å². The summed E-state index contributed by atoms with van der Waals surface area (Å²) in [6.07, 6.45) is 0. The molecule has 1 aromatic carbocycles. The summed E-state index contributed by atoms with van der Waals surface area (Å²) in [5.41, 5.74) is 6.75. The number of nitro benzene ring substituents is 1. The third kappa shape index (κ3) is 3.12. The van der Waals surface area contributed by atoms with Gasteiger partial charge in [-0.05, 0) is 6.07 Å². The number of benzene rings is 1. The molecular formula is C7H9N5O3. The first-order valence-electron chi connectivity index (χ1n) is 3.90. The van der Waals surface area contributed by atoms with Crippen LogP contribution in [0.5, 0.6) is 0 Å². The van der Waals surface area contributed by atoms with E-state index in [9.17, 15) is 14.9 Å². The number of hydrogen-bond donors (Lipinski definition) is 4. The lowest BCUT2D eigenvalue weighted by atomic mass is 10.3. The van der Waals surface area contributed by atoms with Crippen molar-refractivity contribution in [3.8, 4) is 0 Å². The van der Waals surface area contributed by atoms with Gasteiger partial charge in [-0.25, -0.2) is 10.6 Å². The number of rotatable bonds is 3. The first kappa shape index (κ1) is 10.7. The van der Waals surface area contributed by atoms with E-state index in [-0.39, 0.29) is 5.69 Å². The van der Waals surface area contributed by atoms with Crippen LogP contribution in [0.1, 0.15) is 0 Å². The lowest BCUT2D eigenvalue weighted by molar-refractivity contribution is -0.384. The Morgan fingerprint density at radius 1 is 1.47 bits per heavy atom. The molecule has 0 bridgehead atoms. The monoisotopic (exact) mass is 211 g/mol. The van der Waals surface area contributed by atoms with Crippen molar-refractivity contribution in [1.29, 1.82) is 0 Å². The Labute approximate surface area is 84.5 Å². The van der Waals surface area contributed by atoms with Crippen LogP contribution in [0.4, 0.5) is 16.2 Å². The number of anilines is 1. The molecule has 0 aromatic heterocycles. The highest BCUT2D eigenvalue weighted by Crippen LogP contribution is 2.15. The molecule has 0 aliphatic heterocycles. The molecule has 5 N–H and O–H groups in total. The van der Waals surface area contributed by atoms with Crippen molar-refractivity contribution in [2.45, 2.75) is 0 Å². The van der Waals surface area contributed by atoms with E-state index in [4.69, 9.17) is 5.84 Å². The van der Waals surface area contributed by atoms with Crippen molar-refractivity contribution in [2.75, 3.05) is 5.43 Å². The SMILES string of the molecule is NNC(=O)NNc1cccc([N+](=O)[O-])c1. The van der Waals surface area contributed by atoms with Crippen LogP contribution in [0.25, 0.3) is 0 Å². The smallest absolute Gasteiger partial charge is 0.297 e. The predicted octanol–water partition coefficient (Wildman–Crippen LogP) is 0.0946. The maximum atomic E-state index is 10.7. The minimum Gasteiger partial charge on any atom is -0.297 e. The Morgan fingerprint density at radius 3 is 2.80 bits per heavy atom. The quantitative estimate of drug-likeness (QED) is 0.244. The molecule has 8 nitrogen and oxygen atoms in total. The van der Waals surface area contributed by atoms with Gasteiger partial charge in [0.1, 0.15) is 0 Å². The Morgan fingerprint density at radius 2 is 2.20 bits per heavy atom. The first-order chi connectivity index (χ1) is 7.13. The van der Waals surface area contributed by atoms with E-state index in [2.05, 4.69) is 10.9 Å². The van der Waals surface area contributed by atoms with Crippen molar-refractivity contribution >= 4 is 17.4 Å². The summed E-state index contributed by atoms with van der Waals surface area (Å²) in [5, 5.41) is 10.4. The summed E-state index contributed by atoms with van der Waals surface area (Å²) in [4.78, 5) is 20.5. The van der Waals surface area contributed by atoms with Crippen LogP contribution < -0.4 is 22.1 Å². The molecule has 80 valence electrons. The number of hydrazine groups is 2. The molecule has 8 heteroatoms. The van der Waals surface area contributed by atoms with Crippen molar-refractivity contribution < 1.29 is 9.72 Å². The highest BCUT2D eigenvalue weighted by molar-refractivity contribution is 5.74. The zero-order chi connectivity index (χ0) is 11.3. The average molecular weight is 211 g/mol. The summed E-state index contributed by atoms with van der Waals surface area (Å²) in [6, 6.07) is 5.01. The number of urea groups is 1. The first-order valence-corrected chi connectivity index (χ1v) is 3.90. The van der Waals surface area contributed by atoms with Gasteiger partial charge < -0.3 is 0 Å². The van der Waals surface area contributed by atoms with Crippen LogP contribution in [0.2, 0.25) is 0 Å². The normalized spacial score (nSPS) is 9.13. The summed E-state index contributed by atoms with van der Waals surface area (Å²) in [5.74, 6) is 4.80. The van der Waals surface area contributed by atoms with Crippen molar-refractivity contribution in [2.24, 2.45) is 5.84 Å². The average Bonchev–Trinajstić information content (AvgIpc) is 2.26. The largest absolute Gasteiger partial charge is 0.347 e. The van der Waals surface area contributed by atoms with Crippen molar-refractivity contribution in [3.63, 3.8) is 0 Å². The van der Waals surface area contributed by atoms with E-state index in [0.29, 0.717) is 5.69 Å². The van der Waals surface area contributed by atoms with E-state index < -0.39 is 11.0 Å². The zero-order valence-electron chi connectivity index (χ0n) is 7.56. The number of amides is 2. The highest BCUT2D eigenvalue weighted by Gasteiger charge is 2.05. The van der Waals surface area contributed by atoms with Gasteiger partial charge in [0, 0.05) is 12.1 Å². The van der Waals surface area contributed by atoms with E-state index in [1.165, 1.54) is 18.2 Å². The van der Waals surface area contributed by atoms with Crippen LogP contribution in [0, 0.1) is 10.1 Å². The highest BCUT2D eigenvalue weighted by atomic mass is 16.6. The van der Waals surface area contributed by atoms with Crippen LogP contribution >= 0.6 is 0 Å². The van der Waals surface area contributed by atoms with E-state index in [0.717, 1.165) is 0 Å². The summed E-state index contributed by atoms with van der Waals surface area (Å²) in [7, 11) is 0. The minimum absolute atomic E-state index is 0.0741. The summed E-state index contributed by atoms with van der Waals surface area (Å²) in [6.45, 7) is 0. The van der Waals surface area contributed by atoms with Gasteiger partial charge in [0.05, 0.1) is 10.6 Å². The fourth-order valence-corrected chi connectivity index (χ4v) is 0.862. The van der Waals surface area contributed by atoms with Gasteiger partial charge in [0.25, 0.3) is 5.69 Å². The Balaban J connectivity index is 2.66. The molecule has 0 fully saturated rings. The Kier molecular flexibility index (Phi) is 3.41. The number of nitro groups is 1. The Hall–Kier alpha value is -2.35. The molecule has 1 aromatic rings. The van der Waals surface area contributed by atoms with E-state index >= 15 is 0 Å². The second-order valence-electron chi connectivity index (χ2n) is 2.53. The molecule has 15 heavy (non-hydrogen) atoms. The number of nitrogens with two attached hydrogens (primary N) is 1. The number of nitrogens with one attached hydrogen (secondary N) is 3. The van der Waals surface area contributed by atoms with Crippen molar-refractivity contribution in [3.05, 3.63) is 34.4 Å². The van der Waals surface area contributed by atoms with Gasteiger partial charge >= 0.3 is 6.03 Å². The van der Waals surface area contributed by atoms with Crippen LogP contribution in [-0.2, 0) is 0 Å². The van der Waals surface area contributed by atoms with Crippen LogP contribution in [0.15, 0.2) is 24.3 Å². The molecule has 0 heterocycles. The van der Waals surface area contributed by atoms with Crippen molar-refractivity contribution in [1.82, 2.24) is 10.9 Å². The maximum absolute atomic E-state index is 10.7. The predicted molar refractivity (Wildman–Crippen MR) is 52.6 cm³/mol. The fraction of sp³-hybridized carbons (Fsp3) is 0. The topological polar surface area (TPSA) is 122 Å². The fourth-order valence-electron chi connectivity index (χ4n) is 0.862. The summed E-state index contributed by atoms with van der Waals surface area (Å²) < 4.78 is 0. The number of carbonyl (C=O) groups excluding carboxylic acids is 1. The number of hydrogen-bond acceptors (Lipinski definition) is 5. The molecule has 1 rings (SSSR count). The molecule has 0 saturated heterocycles. The second-order valence-corrected chi connectivity index (χ2v) is 2.53. The van der Waals surface area contributed by atoms with Gasteiger partial charge in [-0.3, -0.25) is 26.4 Å². The van der Waals surface area contributed by atoms with E-state index in [1.807, 2.05) is 5.43 Å². The summed E-state index contributed by atoms with van der Waals surface area (Å²) >= 11 is 0. The minimum atomic E-state index is -0.651. The number of nitrogens with zero attached hydrogens (tertiary/aromatic N) is 1. The number of carbonyl (C=O) groups is 1. The molecule has 0 saturated carbocycles. The van der Waals surface area contributed by atoms with Gasteiger partial charge in [-0.15, -0.1) is 0 Å². The number of non-ortho nitro benzene ring substituents is 1. The van der Waals surface area contributed by atoms with E-state index in [1.54, 1.807) is 6.07 Å². The molecule has 2 amide bonds. The molecule has 0 aliphatic rings. The third-order valence-electron chi connectivity index (χ3n) is 1.51. The van der Waals surface area contributed by atoms with Gasteiger partial charge in [0.2, 0.25) is 0 Å². The lowest BCUT2D eigenvalue weighted by Gasteiger charge is -2.06. The molecular weight excluding hydrogens is 202 g/mol. The second kappa shape index (κ2) is 4.77.